The van der Waals surface area contributed by atoms with Crippen molar-refractivity contribution in [1.29, 1.82) is 0 Å². The maximum absolute atomic E-state index is 12.4. The van der Waals surface area contributed by atoms with E-state index < -0.39 is 0 Å². The fraction of sp³-hybridized carbons (Fsp3) is 0.412. The molecule has 5 heteroatoms. The average molecular weight is 313 g/mol. The third-order valence-corrected chi connectivity index (χ3v) is 5.73. The number of amides is 1. The van der Waals surface area contributed by atoms with Crippen molar-refractivity contribution in [1.82, 2.24) is 15.6 Å². The standard InChI is InChI=1S/C17H19N3OS/c1-10-3-2-4-11(5-10)15-9-19-17(22-15)16(21)20-14-7-13-6-12(14)8-18-13/h2-5,9,12-14,18H,6-8H2,1H3,(H,20,21). The van der Waals surface area contributed by atoms with E-state index in [1.165, 1.54) is 23.3 Å². The summed E-state index contributed by atoms with van der Waals surface area (Å²) in [6, 6.07) is 9.19. The van der Waals surface area contributed by atoms with Crippen LogP contribution in [0, 0.1) is 12.8 Å². The van der Waals surface area contributed by atoms with Crippen LogP contribution in [0.2, 0.25) is 0 Å². The number of carbonyl (C=O) groups excluding carboxylic acids is 1. The van der Waals surface area contributed by atoms with Gasteiger partial charge < -0.3 is 10.6 Å². The summed E-state index contributed by atoms with van der Waals surface area (Å²) in [6.07, 6.45) is 4.04. The highest BCUT2D eigenvalue weighted by molar-refractivity contribution is 7.16. The van der Waals surface area contributed by atoms with Crippen molar-refractivity contribution in [3.63, 3.8) is 0 Å². The quantitative estimate of drug-likeness (QED) is 0.916. The highest BCUT2D eigenvalue weighted by Gasteiger charge is 2.40. The summed E-state index contributed by atoms with van der Waals surface area (Å²) in [7, 11) is 0. The van der Waals surface area contributed by atoms with Crippen molar-refractivity contribution in [3.05, 3.63) is 41.0 Å². The monoisotopic (exact) mass is 313 g/mol. The van der Waals surface area contributed by atoms with Gasteiger partial charge in [-0.1, -0.05) is 29.8 Å². The predicted octanol–water partition coefficient (Wildman–Crippen LogP) is 2.60. The van der Waals surface area contributed by atoms with Gasteiger partial charge in [-0.05, 0) is 31.2 Å². The summed E-state index contributed by atoms with van der Waals surface area (Å²) in [5.41, 5.74) is 2.34. The summed E-state index contributed by atoms with van der Waals surface area (Å²) < 4.78 is 0. The predicted molar refractivity (Wildman–Crippen MR) is 88.1 cm³/mol. The van der Waals surface area contributed by atoms with Crippen LogP contribution >= 0.6 is 11.3 Å². The molecule has 2 bridgehead atoms. The summed E-state index contributed by atoms with van der Waals surface area (Å²) in [4.78, 5) is 17.8. The van der Waals surface area contributed by atoms with Crippen LogP contribution in [0.15, 0.2) is 30.5 Å². The number of aryl methyl sites for hydroxylation is 1. The molecule has 2 N–H and O–H groups in total. The molecule has 2 heterocycles. The highest BCUT2D eigenvalue weighted by atomic mass is 32.1. The van der Waals surface area contributed by atoms with Crippen LogP contribution in [0.5, 0.6) is 0 Å². The summed E-state index contributed by atoms with van der Waals surface area (Å²) >= 11 is 1.47. The second kappa shape index (κ2) is 5.48. The summed E-state index contributed by atoms with van der Waals surface area (Å²) in [6.45, 7) is 3.10. The number of carbonyl (C=O) groups is 1. The van der Waals surface area contributed by atoms with Gasteiger partial charge in [-0.15, -0.1) is 11.3 Å². The molecular weight excluding hydrogens is 294 g/mol. The second-order valence-electron chi connectivity index (χ2n) is 6.32. The Morgan fingerprint density at radius 3 is 3.05 bits per heavy atom. The lowest BCUT2D eigenvalue weighted by molar-refractivity contribution is 0.0924. The van der Waals surface area contributed by atoms with E-state index in [0.717, 1.165) is 23.4 Å². The zero-order valence-electron chi connectivity index (χ0n) is 12.5. The zero-order chi connectivity index (χ0) is 15.1. The fourth-order valence-electron chi connectivity index (χ4n) is 3.55. The first-order valence-corrected chi connectivity index (χ1v) is 8.58. The minimum absolute atomic E-state index is 0.0264. The van der Waals surface area contributed by atoms with Gasteiger partial charge in [0, 0.05) is 24.8 Å². The van der Waals surface area contributed by atoms with E-state index in [0.29, 0.717) is 23.0 Å². The molecule has 3 atom stereocenters. The molecule has 114 valence electrons. The van der Waals surface area contributed by atoms with Gasteiger partial charge in [0.05, 0.1) is 4.88 Å². The number of hydrogen-bond acceptors (Lipinski definition) is 4. The van der Waals surface area contributed by atoms with Gasteiger partial charge in [-0.3, -0.25) is 4.79 Å². The lowest BCUT2D eigenvalue weighted by Crippen LogP contribution is -2.44. The molecule has 2 aliphatic rings. The number of benzene rings is 1. The van der Waals surface area contributed by atoms with E-state index >= 15 is 0 Å². The Morgan fingerprint density at radius 2 is 2.32 bits per heavy atom. The Balaban J connectivity index is 1.48. The molecule has 1 aliphatic carbocycles. The van der Waals surface area contributed by atoms with Crippen molar-refractivity contribution < 1.29 is 4.79 Å². The smallest absolute Gasteiger partial charge is 0.280 e. The number of hydrogen-bond donors (Lipinski definition) is 2. The number of aromatic nitrogens is 1. The van der Waals surface area contributed by atoms with Crippen molar-refractivity contribution in [2.45, 2.75) is 31.8 Å². The summed E-state index contributed by atoms with van der Waals surface area (Å²) in [5, 5.41) is 7.20. The Hall–Kier alpha value is -1.72. The van der Waals surface area contributed by atoms with Gasteiger partial charge in [0.1, 0.15) is 0 Å². The minimum atomic E-state index is -0.0264. The van der Waals surface area contributed by atoms with Crippen LogP contribution in [-0.4, -0.2) is 29.5 Å². The van der Waals surface area contributed by atoms with Crippen molar-refractivity contribution in [3.8, 4) is 10.4 Å². The van der Waals surface area contributed by atoms with Gasteiger partial charge in [-0.25, -0.2) is 4.98 Å². The van der Waals surface area contributed by atoms with Crippen LogP contribution in [-0.2, 0) is 0 Å². The molecule has 2 fully saturated rings. The summed E-state index contributed by atoms with van der Waals surface area (Å²) in [5.74, 6) is 0.562. The Morgan fingerprint density at radius 1 is 1.41 bits per heavy atom. The minimum Gasteiger partial charge on any atom is -0.347 e. The lowest BCUT2D eigenvalue weighted by Gasteiger charge is -2.22. The Labute approximate surface area is 134 Å². The molecular formula is C17H19N3OS. The normalized spacial score (nSPS) is 26.3. The second-order valence-corrected chi connectivity index (χ2v) is 7.35. The van der Waals surface area contributed by atoms with E-state index in [4.69, 9.17) is 0 Å². The van der Waals surface area contributed by atoms with Crippen LogP contribution in [0.3, 0.4) is 0 Å². The number of fused-ring (bicyclic) bond motifs is 2. The van der Waals surface area contributed by atoms with Crippen molar-refractivity contribution >= 4 is 17.2 Å². The number of nitrogens with zero attached hydrogens (tertiary/aromatic N) is 1. The molecule has 0 spiro atoms. The van der Waals surface area contributed by atoms with Gasteiger partial charge in [0.15, 0.2) is 5.01 Å². The van der Waals surface area contributed by atoms with Crippen molar-refractivity contribution in [2.75, 3.05) is 6.54 Å². The first-order valence-electron chi connectivity index (χ1n) is 7.76. The number of piperidine rings is 1. The molecule has 22 heavy (non-hydrogen) atoms. The van der Waals surface area contributed by atoms with Gasteiger partial charge in [0.25, 0.3) is 5.91 Å². The van der Waals surface area contributed by atoms with Crippen LogP contribution < -0.4 is 10.6 Å². The number of rotatable bonds is 3. The lowest BCUT2D eigenvalue weighted by atomic mass is 10.0. The van der Waals surface area contributed by atoms with E-state index in [1.54, 1.807) is 6.20 Å². The molecule has 0 radical (unpaired) electrons. The third-order valence-electron chi connectivity index (χ3n) is 4.68. The fourth-order valence-corrected chi connectivity index (χ4v) is 4.37. The first kappa shape index (κ1) is 13.9. The van der Waals surface area contributed by atoms with Crippen LogP contribution in [0.1, 0.15) is 28.2 Å². The maximum Gasteiger partial charge on any atom is 0.280 e. The Kier molecular flexibility index (Phi) is 3.47. The largest absolute Gasteiger partial charge is 0.347 e. The molecule has 4 rings (SSSR count). The molecule has 3 unspecified atom stereocenters. The number of nitrogens with one attached hydrogen (secondary N) is 2. The first-order chi connectivity index (χ1) is 10.7. The van der Waals surface area contributed by atoms with E-state index in [2.05, 4.69) is 40.7 Å². The van der Waals surface area contributed by atoms with E-state index in [-0.39, 0.29) is 5.91 Å². The van der Waals surface area contributed by atoms with Gasteiger partial charge >= 0.3 is 0 Å². The topological polar surface area (TPSA) is 54.0 Å². The molecule has 1 saturated carbocycles. The highest BCUT2D eigenvalue weighted by Crippen LogP contribution is 2.32. The number of thiazole rings is 1. The van der Waals surface area contributed by atoms with Crippen LogP contribution in [0.25, 0.3) is 10.4 Å². The van der Waals surface area contributed by atoms with Gasteiger partial charge in [-0.2, -0.15) is 0 Å². The average Bonchev–Trinajstić information content (AvgIpc) is 3.23. The van der Waals surface area contributed by atoms with E-state index in [9.17, 15) is 4.79 Å². The zero-order valence-corrected chi connectivity index (χ0v) is 13.3. The molecule has 2 aromatic rings. The van der Waals surface area contributed by atoms with Crippen LogP contribution in [0.4, 0.5) is 0 Å². The molecule has 1 aromatic carbocycles. The van der Waals surface area contributed by atoms with Crippen molar-refractivity contribution in [2.24, 2.45) is 5.92 Å². The van der Waals surface area contributed by atoms with Gasteiger partial charge in [0.2, 0.25) is 0 Å². The van der Waals surface area contributed by atoms with E-state index in [1.807, 2.05) is 6.07 Å². The Bertz CT molecular complexity index is 711. The third kappa shape index (κ3) is 2.55. The molecule has 1 aromatic heterocycles. The molecule has 1 amide bonds. The molecule has 4 nitrogen and oxygen atoms in total. The maximum atomic E-state index is 12.4. The molecule has 1 saturated heterocycles. The molecule has 1 aliphatic heterocycles. The SMILES string of the molecule is Cc1cccc(-c2cnc(C(=O)NC3CC4CC3CN4)s2)c1.